The van der Waals surface area contributed by atoms with Crippen LogP contribution in [0.25, 0.3) is 10.9 Å². The number of aromatic nitrogens is 2. The highest BCUT2D eigenvalue weighted by Gasteiger charge is 2.10. The number of esters is 1. The van der Waals surface area contributed by atoms with Crippen molar-refractivity contribution in [2.24, 2.45) is 0 Å². The van der Waals surface area contributed by atoms with Crippen LogP contribution in [0.5, 0.6) is 0 Å². The van der Waals surface area contributed by atoms with Gasteiger partial charge in [0, 0.05) is 4.90 Å². The Hall–Kier alpha value is -2.31. The maximum Gasteiger partial charge on any atom is 0.337 e. The fourth-order valence-corrected chi connectivity index (χ4v) is 3.32. The van der Waals surface area contributed by atoms with E-state index < -0.39 is 5.97 Å². The summed E-state index contributed by atoms with van der Waals surface area (Å²) in [5.74, 6) is 0.502. The lowest BCUT2D eigenvalue weighted by Crippen LogP contribution is -2.12. The van der Waals surface area contributed by atoms with Crippen LogP contribution in [0.1, 0.15) is 16.2 Å². The first-order valence-electron chi connectivity index (χ1n) is 7.07. The summed E-state index contributed by atoms with van der Waals surface area (Å²) < 4.78 is 4.69. The smallest absolute Gasteiger partial charge is 0.337 e. The lowest BCUT2D eigenvalue weighted by atomic mass is 10.1. The zero-order valence-electron chi connectivity index (χ0n) is 12.7. The summed E-state index contributed by atoms with van der Waals surface area (Å²) in [6, 6.07) is 12.1. The summed E-state index contributed by atoms with van der Waals surface area (Å²) in [6.07, 6.45) is 0. The number of carbonyl (C=O) groups is 1. The van der Waals surface area contributed by atoms with Crippen molar-refractivity contribution in [3.8, 4) is 0 Å². The quantitative estimate of drug-likeness (QED) is 0.568. The number of ether oxygens (including phenoxy) is 1. The first kappa shape index (κ1) is 16.5. The molecular formula is C17H13ClN2O3S. The van der Waals surface area contributed by atoms with Crippen LogP contribution in [-0.4, -0.2) is 23.0 Å². The van der Waals surface area contributed by atoms with Crippen molar-refractivity contribution in [3.63, 3.8) is 0 Å². The Kier molecular flexibility index (Phi) is 4.87. The van der Waals surface area contributed by atoms with Gasteiger partial charge in [-0.05, 0) is 30.3 Å². The number of methoxy groups -OCH3 is 1. The Morgan fingerprint density at radius 2 is 2.08 bits per heavy atom. The number of rotatable bonds is 4. The number of thioether (sulfide) groups is 1. The van der Waals surface area contributed by atoms with Crippen LogP contribution in [-0.2, 0) is 10.5 Å². The molecule has 3 rings (SSSR count). The average molecular weight is 361 g/mol. The predicted octanol–water partition coefficient (Wildman–Crippen LogP) is 3.66. The highest BCUT2D eigenvalue weighted by molar-refractivity contribution is 7.98. The van der Waals surface area contributed by atoms with E-state index in [0.717, 1.165) is 4.90 Å². The molecule has 1 N–H and O–H groups in total. The van der Waals surface area contributed by atoms with Crippen molar-refractivity contribution in [1.29, 1.82) is 0 Å². The maximum atomic E-state index is 12.2. The molecule has 0 atom stereocenters. The minimum absolute atomic E-state index is 0.244. The molecule has 0 aliphatic heterocycles. The van der Waals surface area contributed by atoms with Gasteiger partial charge >= 0.3 is 5.97 Å². The molecule has 2 aromatic carbocycles. The van der Waals surface area contributed by atoms with Crippen LogP contribution in [0, 0.1) is 0 Å². The minimum Gasteiger partial charge on any atom is -0.465 e. The van der Waals surface area contributed by atoms with Gasteiger partial charge in [-0.15, -0.1) is 11.8 Å². The molecule has 24 heavy (non-hydrogen) atoms. The molecule has 0 saturated heterocycles. The number of fused-ring (bicyclic) bond motifs is 1. The van der Waals surface area contributed by atoms with E-state index in [1.165, 1.54) is 18.9 Å². The number of carbonyl (C=O) groups excluding carboxylic acids is 1. The van der Waals surface area contributed by atoms with Crippen molar-refractivity contribution in [1.82, 2.24) is 9.97 Å². The molecule has 0 aliphatic carbocycles. The van der Waals surface area contributed by atoms with Crippen LogP contribution in [0.2, 0.25) is 5.02 Å². The largest absolute Gasteiger partial charge is 0.465 e. The molecule has 122 valence electrons. The Morgan fingerprint density at radius 3 is 2.83 bits per heavy atom. The van der Waals surface area contributed by atoms with E-state index >= 15 is 0 Å². The number of hydrogen-bond acceptors (Lipinski definition) is 5. The molecule has 0 aliphatic rings. The van der Waals surface area contributed by atoms with E-state index in [1.807, 2.05) is 24.3 Å². The molecule has 0 amide bonds. The number of halogens is 1. The van der Waals surface area contributed by atoms with Crippen LogP contribution in [0.3, 0.4) is 0 Å². The van der Waals surface area contributed by atoms with E-state index in [9.17, 15) is 9.59 Å². The summed E-state index contributed by atoms with van der Waals surface area (Å²) in [5.41, 5.74) is 0.565. The number of H-pyrrole nitrogens is 1. The highest BCUT2D eigenvalue weighted by atomic mass is 35.5. The first-order valence-corrected chi connectivity index (χ1v) is 8.43. The number of hydrogen-bond donors (Lipinski definition) is 1. The second kappa shape index (κ2) is 7.07. The molecule has 0 unspecified atom stereocenters. The molecule has 7 heteroatoms. The van der Waals surface area contributed by atoms with Gasteiger partial charge in [0.25, 0.3) is 5.56 Å². The molecule has 0 radical (unpaired) electrons. The van der Waals surface area contributed by atoms with E-state index in [-0.39, 0.29) is 5.56 Å². The van der Waals surface area contributed by atoms with Crippen molar-refractivity contribution in [3.05, 3.63) is 69.2 Å². The molecule has 1 heterocycles. The molecule has 3 aromatic rings. The second-order valence-corrected chi connectivity index (χ2v) is 6.38. The fraction of sp³-hybridized carbons (Fsp3) is 0.118. The molecule has 0 bridgehead atoms. The van der Waals surface area contributed by atoms with Crippen molar-refractivity contribution in [2.45, 2.75) is 10.6 Å². The zero-order chi connectivity index (χ0) is 17.1. The standard InChI is InChI=1S/C17H13ClN2O3S/c1-23-17(22)10-6-7-11-13(8-10)19-15(20-16(11)21)9-24-14-5-3-2-4-12(14)18/h2-8H,9H2,1H3,(H,19,20,21). The lowest BCUT2D eigenvalue weighted by molar-refractivity contribution is 0.0601. The SMILES string of the molecule is COC(=O)c1ccc2c(=O)[nH]c(CSc3ccccc3Cl)nc2c1. The third-order valence-electron chi connectivity index (χ3n) is 3.38. The van der Waals surface area contributed by atoms with Gasteiger partial charge in [0.1, 0.15) is 5.82 Å². The van der Waals surface area contributed by atoms with Gasteiger partial charge in [-0.1, -0.05) is 23.7 Å². The zero-order valence-corrected chi connectivity index (χ0v) is 14.3. The van der Waals surface area contributed by atoms with Crippen LogP contribution in [0.15, 0.2) is 52.2 Å². The van der Waals surface area contributed by atoms with Crippen molar-refractivity contribution in [2.75, 3.05) is 7.11 Å². The van der Waals surface area contributed by atoms with Gasteiger partial charge < -0.3 is 9.72 Å². The van der Waals surface area contributed by atoms with E-state index in [0.29, 0.717) is 33.1 Å². The van der Waals surface area contributed by atoms with Crippen LogP contribution < -0.4 is 5.56 Å². The average Bonchev–Trinajstić information content (AvgIpc) is 2.60. The molecular weight excluding hydrogens is 348 g/mol. The van der Waals surface area contributed by atoms with Crippen molar-refractivity contribution < 1.29 is 9.53 Å². The summed E-state index contributed by atoms with van der Waals surface area (Å²) >= 11 is 7.60. The van der Waals surface area contributed by atoms with Gasteiger partial charge in [0.05, 0.1) is 34.4 Å². The second-order valence-electron chi connectivity index (χ2n) is 4.96. The molecule has 0 spiro atoms. The molecule has 0 saturated carbocycles. The predicted molar refractivity (Wildman–Crippen MR) is 94.7 cm³/mol. The highest BCUT2D eigenvalue weighted by Crippen LogP contribution is 2.28. The van der Waals surface area contributed by atoms with E-state index in [4.69, 9.17) is 16.3 Å². The van der Waals surface area contributed by atoms with Gasteiger partial charge in [0.15, 0.2) is 0 Å². The number of nitrogens with one attached hydrogen (secondary N) is 1. The maximum absolute atomic E-state index is 12.2. The van der Waals surface area contributed by atoms with Gasteiger partial charge in [0.2, 0.25) is 0 Å². The van der Waals surface area contributed by atoms with Gasteiger partial charge in [-0.2, -0.15) is 0 Å². The summed E-state index contributed by atoms with van der Waals surface area (Å²) in [7, 11) is 1.31. The Labute approximate surface area is 147 Å². The summed E-state index contributed by atoms with van der Waals surface area (Å²) in [6.45, 7) is 0. The Morgan fingerprint density at radius 1 is 1.29 bits per heavy atom. The fourth-order valence-electron chi connectivity index (χ4n) is 2.21. The lowest BCUT2D eigenvalue weighted by Gasteiger charge is -2.06. The van der Waals surface area contributed by atoms with Crippen LogP contribution in [0.4, 0.5) is 0 Å². The molecule has 0 fully saturated rings. The summed E-state index contributed by atoms with van der Waals surface area (Å²) in [4.78, 5) is 31.9. The number of aromatic amines is 1. The minimum atomic E-state index is -0.467. The topological polar surface area (TPSA) is 72.1 Å². The normalized spacial score (nSPS) is 10.8. The third kappa shape index (κ3) is 3.44. The molecule has 1 aromatic heterocycles. The first-order chi connectivity index (χ1) is 11.6. The Balaban J connectivity index is 1.92. The third-order valence-corrected chi connectivity index (χ3v) is 4.90. The summed E-state index contributed by atoms with van der Waals surface area (Å²) in [5, 5.41) is 1.08. The van der Waals surface area contributed by atoms with E-state index in [1.54, 1.807) is 18.2 Å². The van der Waals surface area contributed by atoms with Crippen LogP contribution >= 0.6 is 23.4 Å². The van der Waals surface area contributed by atoms with E-state index in [2.05, 4.69) is 9.97 Å². The van der Waals surface area contributed by atoms with Gasteiger partial charge in [-0.3, -0.25) is 4.79 Å². The number of nitrogens with zero attached hydrogens (tertiary/aromatic N) is 1. The van der Waals surface area contributed by atoms with Gasteiger partial charge in [-0.25, -0.2) is 9.78 Å². The monoisotopic (exact) mass is 360 g/mol. The molecule has 5 nitrogen and oxygen atoms in total. The number of benzene rings is 2. The van der Waals surface area contributed by atoms with Crippen molar-refractivity contribution >= 4 is 40.2 Å². The Bertz CT molecular complexity index is 971.